The van der Waals surface area contributed by atoms with Gasteiger partial charge < -0.3 is 0 Å². The highest BCUT2D eigenvalue weighted by Crippen LogP contribution is 2.31. The minimum atomic E-state index is 0.349. The molecular weight excluding hydrogens is 184 g/mol. The van der Waals surface area contributed by atoms with E-state index in [0.717, 1.165) is 0 Å². The molecule has 12 heavy (non-hydrogen) atoms. The number of hydrogen-bond donors (Lipinski definition) is 1. The third-order valence-corrected chi connectivity index (χ3v) is 3.61. The van der Waals surface area contributed by atoms with Crippen molar-refractivity contribution in [2.45, 2.75) is 12.2 Å². The number of thiophene rings is 1. The smallest absolute Gasteiger partial charge is 0.0346 e. The Morgan fingerprint density at radius 3 is 2.75 bits per heavy atom. The van der Waals surface area contributed by atoms with Crippen LogP contribution in [-0.4, -0.2) is 0 Å². The van der Waals surface area contributed by atoms with Gasteiger partial charge in [0, 0.05) is 14.8 Å². The molecule has 0 radical (unpaired) electrons. The van der Waals surface area contributed by atoms with Gasteiger partial charge in [0.15, 0.2) is 0 Å². The predicted molar refractivity (Wildman–Crippen MR) is 59.2 cm³/mol. The summed E-state index contributed by atoms with van der Waals surface area (Å²) in [4.78, 5) is 1.35. The third kappa shape index (κ3) is 1.37. The fourth-order valence-electron chi connectivity index (χ4n) is 1.21. The van der Waals surface area contributed by atoms with E-state index in [4.69, 9.17) is 0 Å². The van der Waals surface area contributed by atoms with Gasteiger partial charge in [-0.15, -0.1) is 11.3 Å². The fourth-order valence-corrected chi connectivity index (χ4v) is 2.44. The molecule has 0 aliphatic carbocycles. The molecule has 0 saturated carbocycles. The molecule has 1 aromatic carbocycles. The largest absolute Gasteiger partial charge is 0.171 e. The van der Waals surface area contributed by atoms with E-state index in [1.165, 1.54) is 15.0 Å². The van der Waals surface area contributed by atoms with Gasteiger partial charge in [0.2, 0.25) is 0 Å². The molecule has 0 aliphatic rings. The highest BCUT2D eigenvalue weighted by atomic mass is 32.1. The summed E-state index contributed by atoms with van der Waals surface area (Å²) in [5.41, 5.74) is 0. The van der Waals surface area contributed by atoms with Crippen molar-refractivity contribution in [2.75, 3.05) is 0 Å². The summed E-state index contributed by atoms with van der Waals surface area (Å²) >= 11 is 6.24. The minimum Gasteiger partial charge on any atom is -0.171 e. The molecule has 0 bridgehead atoms. The topological polar surface area (TPSA) is 0 Å². The quantitative estimate of drug-likeness (QED) is 0.654. The average Bonchev–Trinajstić information content (AvgIpc) is 2.46. The van der Waals surface area contributed by atoms with E-state index < -0.39 is 0 Å². The summed E-state index contributed by atoms with van der Waals surface area (Å²) in [6.45, 7) is 2.10. The van der Waals surface area contributed by atoms with Gasteiger partial charge in [0.1, 0.15) is 0 Å². The first kappa shape index (κ1) is 8.14. The van der Waals surface area contributed by atoms with Crippen LogP contribution < -0.4 is 0 Å². The van der Waals surface area contributed by atoms with E-state index in [2.05, 4.69) is 49.9 Å². The van der Waals surface area contributed by atoms with Crippen molar-refractivity contribution in [1.29, 1.82) is 0 Å². The van der Waals surface area contributed by atoms with Crippen LogP contribution in [0.25, 0.3) is 10.1 Å². The lowest BCUT2D eigenvalue weighted by molar-refractivity contribution is 1.16. The first-order chi connectivity index (χ1) is 5.77. The van der Waals surface area contributed by atoms with Gasteiger partial charge in [-0.25, -0.2) is 0 Å². The van der Waals surface area contributed by atoms with Crippen molar-refractivity contribution in [2.24, 2.45) is 0 Å². The molecule has 1 unspecified atom stereocenters. The van der Waals surface area contributed by atoms with Crippen LogP contribution in [0.15, 0.2) is 30.3 Å². The van der Waals surface area contributed by atoms with Crippen LogP contribution in [0.3, 0.4) is 0 Å². The molecule has 1 heterocycles. The molecule has 0 aliphatic heterocycles. The molecule has 0 spiro atoms. The maximum Gasteiger partial charge on any atom is 0.0346 e. The zero-order chi connectivity index (χ0) is 8.55. The molecule has 1 atom stereocenters. The van der Waals surface area contributed by atoms with Crippen LogP contribution in [0.4, 0.5) is 0 Å². The molecule has 2 heteroatoms. The first-order valence-corrected chi connectivity index (χ1v) is 5.27. The van der Waals surface area contributed by atoms with Crippen LogP contribution in [0.5, 0.6) is 0 Å². The lowest BCUT2D eigenvalue weighted by Gasteiger charge is -1.95. The van der Waals surface area contributed by atoms with Crippen molar-refractivity contribution >= 4 is 34.1 Å². The van der Waals surface area contributed by atoms with Gasteiger partial charge >= 0.3 is 0 Å². The Bertz CT molecular complexity index is 354. The van der Waals surface area contributed by atoms with Crippen molar-refractivity contribution in [3.05, 3.63) is 35.2 Å². The fraction of sp³-hybridized carbons (Fsp3) is 0.200. The second kappa shape index (κ2) is 3.11. The summed E-state index contributed by atoms with van der Waals surface area (Å²) < 4.78 is 1.36. The highest BCUT2D eigenvalue weighted by molar-refractivity contribution is 7.80. The maximum absolute atomic E-state index is 4.41. The van der Waals surface area contributed by atoms with Gasteiger partial charge in [0.05, 0.1) is 0 Å². The van der Waals surface area contributed by atoms with Crippen molar-refractivity contribution in [1.82, 2.24) is 0 Å². The van der Waals surface area contributed by atoms with Crippen LogP contribution in [-0.2, 0) is 0 Å². The van der Waals surface area contributed by atoms with E-state index in [1.807, 2.05) is 11.3 Å². The molecule has 0 amide bonds. The minimum absolute atomic E-state index is 0.349. The van der Waals surface area contributed by atoms with Crippen molar-refractivity contribution < 1.29 is 0 Å². The second-order valence-electron chi connectivity index (χ2n) is 2.86. The van der Waals surface area contributed by atoms with Gasteiger partial charge in [-0.2, -0.15) is 12.6 Å². The zero-order valence-electron chi connectivity index (χ0n) is 6.82. The SMILES string of the molecule is CC(S)c1cc2ccccc2s1. The third-order valence-electron chi connectivity index (χ3n) is 1.86. The summed E-state index contributed by atoms with van der Waals surface area (Å²) in [5, 5.41) is 1.68. The van der Waals surface area contributed by atoms with Crippen LogP contribution >= 0.6 is 24.0 Å². The molecule has 0 saturated heterocycles. The predicted octanol–water partition coefficient (Wildman–Crippen LogP) is 3.89. The molecule has 0 N–H and O–H groups in total. The Balaban J connectivity index is 2.62. The van der Waals surface area contributed by atoms with Crippen LogP contribution in [0.2, 0.25) is 0 Å². The standard InChI is InChI=1S/C10H10S2/c1-7(11)10-6-8-4-2-3-5-9(8)12-10/h2-7,11H,1H3. The van der Waals surface area contributed by atoms with E-state index in [1.54, 1.807) is 0 Å². The molecule has 1 aromatic heterocycles. The van der Waals surface area contributed by atoms with Crippen LogP contribution in [0.1, 0.15) is 17.1 Å². The lowest BCUT2D eigenvalue weighted by Crippen LogP contribution is -1.73. The summed E-state index contributed by atoms with van der Waals surface area (Å²) in [6, 6.07) is 10.7. The monoisotopic (exact) mass is 194 g/mol. The Labute approximate surface area is 81.6 Å². The van der Waals surface area contributed by atoms with Crippen molar-refractivity contribution in [3.8, 4) is 0 Å². The second-order valence-corrected chi connectivity index (χ2v) is 4.75. The normalized spacial score (nSPS) is 13.5. The molecular formula is C10H10S2. The van der Waals surface area contributed by atoms with Gasteiger partial charge in [-0.05, 0) is 24.4 Å². The summed E-state index contributed by atoms with van der Waals surface area (Å²) in [7, 11) is 0. The molecule has 0 nitrogen and oxygen atoms in total. The van der Waals surface area contributed by atoms with Gasteiger partial charge in [0.25, 0.3) is 0 Å². The number of rotatable bonds is 1. The highest BCUT2D eigenvalue weighted by Gasteiger charge is 2.04. The first-order valence-electron chi connectivity index (χ1n) is 3.94. The van der Waals surface area contributed by atoms with E-state index in [-0.39, 0.29) is 0 Å². The molecule has 2 rings (SSSR count). The lowest BCUT2D eigenvalue weighted by atomic mass is 10.2. The van der Waals surface area contributed by atoms with Gasteiger partial charge in [-0.1, -0.05) is 18.2 Å². The summed E-state index contributed by atoms with van der Waals surface area (Å²) in [6.07, 6.45) is 0. The maximum atomic E-state index is 4.41. The van der Waals surface area contributed by atoms with E-state index >= 15 is 0 Å². The number of benzene rings is 1. The molecule has 0 fully saturated rings. The zero-order valence-corrected chi connectivity index (χ0v) is 8.53. The number of fused-ring (bicyclic) bond motifs is 1. The van der Waals surface area contributed by atoms with Crippen LogP contribution in [0, 0.1) is 0 Å². The Hall–Kier alpha value is -0.470. The number of thiol groups is 1. The Kier molecular flexibility index (Phi) is 2.11. The van der Waals surface area contributed by atoms with Gasteiger partial charge in [-0.3, -0.25) is 0 Å². The average molecular weight is 194 g/mol. The Morgan fingerprint density at radius 2 is 2.08 bits per heavy atom. The number of hydrogen-bond acceptors (Lipinski definition) is 2. The van der Waals surface area contributed by atoms with Crippen molar-refractivity contribution in [3.63, 3.8) is 0 Å². The molecule has 2 aromatic rings. The van der Waals surface area contributed by atoms with E-state index in [9.17, 15) is 0 Å². The molecule has 62 valence electrons. The van der Waals surface area contributed by atoms with E-state index in [0.29, 0.717) is 5.25 Å². The Morgan fingerprint density at radius 1 is 1.33 bits per heavy atom. The summed E-state index contributed by atoms with van der Waals surface area (Å²) in [5.74, 6) is 0.